The second-order valence-electron chi connectivity index (χ2n) is 12.8. The quantitative estimate of drug-likeness (QED) is 0.215. The number of carbonyl (C=O) groups excluding carboxylic acids is 2. The van der Waals surface area contributed by atoms with E-state index < -0.39 is 11.7 Å². The predicted octanol–water partition coefficient (Wildman–Crippen LogP) is 5.63. The van der Waals surface area contributed by atoms with Crippen LogP contribution in [0.2, 0.25) is 0 Å². The van der Waals surface area contributed by atoms with Gasteiger partial charge < -0.3 is 25.2 Å². The molecule has 0 unspecified atom stereocenters. The highest BCUT2D eigenvalue weighted by Crippen LogP contribution is 2.29. The summed E-state index contributed by atoms with van der Waals surface area (Å²) >= 11 is 0. The van der Waals surface area contributed by atoms with E-state index in [0.717, 1.165) is 43.0 Å². The molecule has 246 valence electrons. The summed E-state index contributed by atoms with van der Waals surface area (Å²) in [4.78, 5) is 32.3. The Labute approximate surface area is 274 Å². The van der Waals surface area contributed by atoms with Crippen LogP contribution >= 0.6 is 0 Å². The van der Waals surface area contributed by atoms with Gasteiger partial charge in [0.2, 0.25) is 5.88 Å². The van der Waals surface area contributed by atoms with Crippen molar-refractivity contribution in [1.82, 2.24) is 31.0 Å². The lowest BCUT2D eigenvalue weighted by Gasteiger charge is -2.36. The van der Waals surface area contributed by atoms with Crippen molar-refractivity contribution in [2.24, 2.45) is 0 Å². The van der Waals surface area contributed by atoms with Gasteiger partial charge in [0.1, 0.15) is 22.9 Å². The van der Waals surface area contributed by atoms with Gasteiger partial charge in [0, 0.05) is 49.9 Å². The van der Waals surface area contributed by atoms with Crippen molar-refractivity contribution in [3.63, 3.8) is 0 Å². The number of amides is 2. The Balaban J connectivity index is 1.06. The van der Waals surface area contributed by atoms with Crippen molar-refractivity contribution in [3.8, 4) is 22.8 Å². The molecule has 1 saturated carbocycles. The molecule has 1 aliphatic carbocycles. The molecule has 0 bridgehead atoms. The van der Waals surface area contributed by atoms with Gasteiger partial charge in [-0.15, -0.1) is 0 Å². The fraction of sp³-hybridized carbons (Fsp3) is 0.389. The second kappa shape index (κ2) is 14.4. The van der Waals surface area contributed by atoms with Crippen LogP contribution in [0.5, 0.6) is 11.6 Å². The number of benzene rings is 2. The molecule has 3 N–H and O–H groups in total. The summed E-state index contributed by atoms with van der Waals surface area (Å²) in [6, 6.07) is 19.6. The van der Waals surface area contributed by atoms with Crippen LogP contribution < -0.4 is 20.7 Å². The average Bonchev–Trinajstić information content (AvgIpc) is 3.49. The first-order valence-corrected chi connectivity index (χ1v) is 16.2. The topological polar surface area (TPSA) is 122 Å². The van der Waals surface area contributed by atoms with Crippen LogP contribution in [0.15, 0.2) is 71.4 Å². The van der Waals surface area contributed by atoms with Crippen LogP contribution in [-0.4, -0.2) is 64.1 Å². The largest absolute Gasteiger partial charge is 0.438 e. The number of aromatic nitrogens is 2. The molecule has 2 amide bonds. The third-order valence-corrected chi connectivity index (χ3v) is 8.70. The third kappa shape index (κ3) is 8.41. The van der Waals surface area contributed by atoms with Crippen LogP contribution in [0.25, 0.3) is 11.1 Å². The molecule has 1 saturated heterocycles. The zero-order valence-electron chi connectivity index (χ0n) is 27.0. The molecule has 2 fully saturated rings. The maximum atomic E-state index is 14.3. The number of nitrogens with zero attached hydrogens (tertiary/aromatic N) is 3. The first-order chi connectivity index (χ1) is 22.7. The van der Waals surface area contributed by atoms with E-state index in [1.54, 1.807) is 19.1 Å². The van der Waals surface area contributed by atoms with Crippen molar-refractivity contribution in [1.29, 1.82) is 0 Å². The fourth-order valence-corrected chi connectivity index (χ4v) is 6.53. The Hall–Kier alpha value is -4.61. The van der Waals surface area contributed by atoms with E-state index in [-0.39, 0.29) is 35.1 Å². The number of hydrogen-bond acceptors (Lipinski definition) is 8. The van der Waals surface area contributed by atoms with Gasteiger partial charge in [-0.25, -0.2) is 9.37 Å². The molecular formula is C36H41FN6O4. The number of pyridine rings is 1. The fourth-order valence-electron chi connectivity index (χ4n) is 6.53. The van der Waals surface area contributed by atoms with Gasteiger partial charge in [0.25, 0.3) is 11.8 Å². The Kier molecular flexibility index (Phi) is 9.93. The van der Waals surface area contributed by atoms with Crippen molar-refractivity contribution in [2.45, 2.75) is 77.2 Å². The number of ether oxygens (including phenoxy) is 1. The molecule has 4 aromatic rings. The van der Waals surface area contributed by atoms with E-state index in [1.165, 1.54) is 5.56 Å². The van der Waals surface area contributed by atoms with E-state index in [0.29, 0.717) is 49.3 Å². The number of piperazine rings is 1. The highest BCUT2D eigenvalue weighted by Gasteiger charge is 2.27. The Morgan fingerprint density at radius 1 is 0.936 bits per heavy atom. The number of hydrogen-bond donors (Lipinski definition) is 3. The number of halogens is 1. The first kappa shape index (κ1) is 32.3. The highest BCUT2D eigenvalue weighted by atomic mass is 19.1. The molecule has 0 spiro atoms. The normalized spacial score (nSPS) is 21.6. The van der Waals surface area contributed by atoms with E-state index in [1.807, 2.05) is 18.2 Å². The number of aryl methyl sites for hydroxylation is 1. The molecule has 0 radical (unpaired) electrons. The second-order valence-corrected chi connectivity index (χ2v) is 12.8. The molecule has 11 heteroatoms. The standard InChI is InChI=1S/C36H41FN6O4/c1-22-19-43(20-23(2)39-22)21-25-7-9-26(10-8-25)27-5-4-6-31(16-27)46-36-32(17-28(37)18-38-36)34(44)40-29-11-13-30(14-12-29)41-35(45)33-15-24(3)47-42-33/h4-10,15-18,22-23,29-30,39H,11-14,19-21H2,1-3H3,(H,40,44)(H,41,45)/t22-,23+,29-,30+. The number of carbonyl (C=O) groups is 2. The monoisotopic (exact) mass is 640 g/mol. The first-order valence-electron chi connectivity index (χ1n) is 16.2. The van der Waals surface area contributed by atoms with Crippen molar-refractivity contribution >= 4 is 11.8 Å². The molecule has 10 nitrogen and oxygen atoms in total. The smallest absolute Gasteiger partial charge is 0.273 e. The number of rotatable bonds is 9. The van der Waals surface area contributed by atoms with Crippen LogP contribution in [0, 0.1) is 12.7 Å². The van der Waals surface area contributed by atoms with Gasteiger partial charge in [0.15, 0.2) is 5.69 Å². The summed E-state index contributed by atoms with van der Waals surface area (Å²) in [6.07, 6.45) is 3.71. The summed E-state index contributed by atoms with van der Waals surface area (Å²) in [5, 5.41) is 13.3. The van der Waals surface area contributed by atoms with E-state index in [4.69, 9.17) is 9.26 Å². The van der Waals surface area contributed by atoms with Crippen LogP contribution in [-0.2, 0) is 6.54 Å². The third-order valence-electron chi connectivity index (χ3n) is 8.70. The predicted molar refractivity (Wildman–Crippen MR) is 176 cm³/mol. The number of nitrogens with one attached hydrogen (secondary N) is 3. The van der Waals surface area contributed by atoms with Gasteiger partial charge >= 0.3 is 0 Å². The lowest BCUT2D eigenvalue weighted by atomic mass is 9.91. The lowest BCUT2D eigenvalue weighted by molar-refractivity contribution is 0.0885. The summed E-state index contributed by atoms with van der Waals surface area (Å²) in [5.74, 6) is -0.284. The molecule has 2 aromatic carbocycles. The molecule has 47 heavy (non-hydrogen) atoms. The minimum Gasteiger partial charge on any atom is -0.438 e. The average molecular weight is 641 g/mol. The molecule has 2 aliphatic rings. The molecular weight excluding hydrogens is 599 g/mol. The van der Waals surface area contributed by atoms with Crippen molar-refractivity contribution in [3.05, 3.63) is 95.3 Å². The minimum absolute atomic E-state index is 0.0214. The van der Waals surface area contributed by atoms with Gasteiger partial charge in [-0.3, -0.25) is 14.5 Å². The van der Waals surface area contributed by atoms with Gasteiger partial charge in [-0.2, -0.15) is 0 Å². The SMILES string of the molecule is Cc1cc(C(=O)N[C@H]2CC[C@@H](NC(=O)c3cc(F)cnc3Oc3cccc(-c4ccc(CN5C[C@@H](C)N[C@@H](C)C5)cc4)c3)CC2)no1. The Morgan fingerprint density at radius 2 is 1.62 bits per heavy atom. The maximum absolute atomic E-state index is 14.3. The minimum atomic E-state index is -0.629. The zero-order chi connectivity index (χ0) is 32.9. The van der Waals surface area contributed by atoms with Gasteiger partial charge in [-0.05, 0) is 81.3 Å². The Morgan fingerprint density at radius 3 is 2.28 bits per heavy atom. The van der Waals surface area contributed by atoms with Crippen LogP contribution in [0.4, 0.5) is 4.39 Å². The molecule has 6 rings (SSSR count). The highest BCUT2D eigenvalue weighted by molar-refractivity contribution is 5.96. The summed E-state index contributed by atoms with van der Waals surface area (Å²) < 4.78 is 25.3. The van der Waals surface area contributed by atoms with Gasteiger partial charge in [0.05, 0.1) is 6.20 Å². The summed E-state index contributed by atoms with van der Waals surface area (Å²) in [6.45, 7) is 9.12. The lowest BCUT2D eigenvalue weighted by Crippen LogP contribution is -2.53. The van der Waals surface area contributed by atoms with Crippen molar-refractivity contribution in [2.75, 3.05) is 13.1 Å². The molecule has 3 heterocycles. The van der Waals surface area contributed by atoms with E-state index >= 15 is 0 Å². The van der Waals surface area contributed by atoms with E-state index in [9.17, 15) is 14.0 Å². The van der Waals surface area contributed by atoms with Crippen molar-refractivity contribution < 1.29 is 23.2 Å². The summed E-state index contributed by atoms with van der Waals surface area (Å²) in [5.41, 5.74) is 3.52. The van der Waals surface area contributed by atoms with E-state index in [2.05, 4.69) is 69.1 Å². The zero-order valence-corrected chi connectivity index (χ0v) is 27.0. The van der Waals surface area contributed by atoms with Crippen LogP contribution in [0.1, 0.15) is 71.7 Å². The Bertz CT molecular complexity index is 1690. The summed E-state index contributed by atoms with van der Waals surface area (Å²) in [7, 11) is 0. The molecule has 1 aliphatic heterocycles. The van der Waals surface area contributed by atoms with Crippen LogP contribution in [0.3, 0.4) is 0 Å². The molecule has 2 aromatic heterocycles. The molecule has 2 atom stereocenters. The maximum Gasteiger partial charge on any atom is 0.273 e. The van der Waals surface area contributed by atoms with Gasteiger partial charge in [-0.1, -0.05) is 41.6 Å².